The molecule has 4 aromatic heterocycles. The van der Waals surface area contributed by atoms with Crippen LogP contribution in [0.5, 0.6) is 0 Å². The average molecular weight is 811 g/mol. The summed E-state index contributed by atoms with van der Waals surface area (Å²) >= 11 is 0. The maximum Gasteiger partial charge on any atom is 0.263 e. The molecule has 18 nitrogen and oxygen atoms in total. The standard InChI is InChI=1S/C42H30N6O12/c49-31-1-2-32(50)45(31)15-47-39(57)27-9-23-24(10-28(27)40(47)58)36(54)43(35(23)53)13-17-5-20-18-7-19(21(8-18)22(20)6-17)14-44-37(55)25-11-29-30(12-26(25)38(44)56)42(60)48(41(29)59)16-46-33(51)3-4-34(46)52/h1-4,9-12,17-22H,5-8,13-16H2. The van der Waals surface area contributed by atoms with Gasteiger partial charge in [-0.05, 0) is 85.5 Å². The van der Waals surface area contributed by atoms with Crippen molar-refractivity contribution in [1.29, 1.82) is 0 Å². The van der Waals surface area contributed by atoms with Gasteiger partial charge in [-0.3, -0.25) is 85.6 Å². The zero-order valence-corrected chi connectivity index (χ0v) is 31.3. The molecule has 0 spiro atoms. The number of hydrogen-bond acceptors (Lipinski definition) is 12. The Morgan fingerprint density at radius 3 is 1.08 bits per heavy atom. The molecular weight excluding hydrogens is 780 g/mol. The van der Waals surface area contributed by atoms with Crippen LogP contribution in [0, 0.1) is 35.5 Å². The number of fused-ring (bicyclic) bond motifs is 9. The smallest absolute Gasteiger partial charge is 0.263 e. The second-order valence-corrected chi connectivity index (χ2v) is 16.9. The molecule has 4 amide bonds. The second-order valence-electron chi connectivity index (χ2n) is 16.9. The van der Waals surface area contributed by atoms with E-state index in [-0.39, 0.29) is 79.9 Å². The Balaban J connectivity index is 0.829. The number of nitrogens with zero attached hydrogens (tertiary/aromatic N) is 6. The average Bonchev–Trinajstić information content (AvgIpc) is 4.13. The van der Waals surface area contributed by atoms with E-state index in [0.717, 1.165) is 68.9 Å². The predicted molar refractivity (Wildman–Crippen MR) is 211 cm³/mol. The van der Waals surface area contributed by atoms with Crippen molar-refractivity contribution in [2.45, 2.75) is 52.1 Å². The number of imide groups is 2. The lowest BCUT2D eigenvalue weighted by atomic mass is 9.75. The molecular formula is C42H30N6O12. The van der Waals surface area contributed by atoms with E-state index in [1.165, 1.54) is 33.4 Å². The fraction of sp³-hybridized carbons (Fsp3) is 0.333. The van der Waals surface area contributed by atoms with Gasteiger partial charge in [-0.2, -0.15) is 0 Å². The van der Waals surface area contributed by atoms with Crippen LogP contribution in [0.3, 0.4) is 0 Å². The first kappa shape index (κ1) is 35.9. The first-order chi connectivity index (χ1) is 28.7. The molecule has 6 unspecified atom stereocenters. The normalized spacial score (nSPS) is 24.8. The lowest BCUT2D eigenvalue weighted by Gasteiger charge is -2.31. The maximum atomic E-state index is 13.7. The minimum absolute atomic E-state index is 0.0000867. The summed E-state index contributed by atoms with van der Waals surface area (Å²) < 4.78 is 3.81. The van der Waals surface area contributed by atoms with Gasteiger partial charge in [0.1, 0.15) is 13.3 Å². The van der Waals surface area contributed by atoms with Crippen LogP contribution in [0.4, 0.5) is 0 Å². The summed E-state index contributed by atoms with van der Waals surface area (Å²) in [5.74, 6) is -1.61. The maximum absolute atomic E-state index is 13.7. The highest BCUT2D eigenvalue weighted by Crippen LogP contribution is 2.62. The molecule has 6 heterocycles. The van der Waals surface area contributed by atoms with E-state index < -0.39 is 81.4 Å². The summed E-state index contributed by atoms with van der Waals surface area (Å²) in [5.41, 5.74) is -5.45. The van der Waals surface area contributed by atoms with E-state index in [4.69, 9.17) is 0 Å². The molecule has 60 heavy (non-hydrogen) atoms. The van der Waals surface area contributed by atoms with E-state index in [1.807, 2.05) is 0 Å². The molecule has 3 fully saturated rings. The van der Waals surface area contributed by atoms with Gasteiger partial charge in [0.25, 0.3) is 68.1 Å². The molecule has 2 bridgehead atoms. The van der Waals surface area contributed by atoms with Crippen LogP contribution in [-0.2, 0) is 45.6 Å². The van der Waals surface area contributed by atoms with Crippen LogP contribution in [0.25, 0.3) is 43.1 Å². The second kappa shape index (κ2) is 12.2. The molecule has 0 radical (unpaired) electrons. The Kier molecular flexibility index (Phi) is 7.27. The van der Waals surface area contributed by atoms with E-state index in [1.54, 1.807) is 0 Å². The number of carbonyl (C=O) groups is 4. The first-order valence-corrected chi connectivity index (χ1v) is 19.6. The van der Waals surface area contributed by atoms with Crippen LogP contribution in [0.1, 0.15) is 25.7 Å². The molecule has 18 heteroatoms. The van der Waals surface area contributed by atoms with Crippen LogP contribution in [0.2, 0.25) is 0 Å². The lowest BCUT2D eigenvalue weighted by Crippen LogP contribution is -2.39. The molecule has 5 aliphatic rings. The third-order valence-electron chi connectivity index (χ3n) is 14.0. The van der Waals surface area contributed by atoms with Gasteiger partial charge in [-0.15, -0.1) is 0 Å². The minimum Gasteiger partial charge on any atom is -0.274 e. The Bertz CT molecular complexity index is 3370. The van der Waals surface area contributed by atoms with Crippen molar-refractivity contribution in [3.63, 3.8) is 0 Å². The highest BCUT2D eigenvalue weighted by atomic mass is 16.2. The number of aromatic nitrogens is 4. The van der Waals surface area contributed by atoms with Gasteiger partial charge in [0.05, 0.1) is 43.1 Å². The third kappa shape index (κ3) is 4.74. The molecule has 0 N–H and O–H groups in total. The van der Waals surface area contributed by atoms with E-state index >= 15 is 0 Å². The molecule has 2 aromatic carbocycles. The van der Waals surface area contributed by atoms with E-state index in [9.17, 15) is 57.5 Å². The number of rotatable bonds is 8. The van der Waals surface area contributed by atoms with Crippen molar-refractivity contribution in [2.75, 3.05) is 0 Å². The SMILES string of the molecule is O=C1C=CC(=O)N1Cn1c(=O)c2cc3c(=O)n(CC4CC5C6CC(Cn7c(=O)c8cc9c(=O)n(CN%10C(=O)C=CC%10=O)c(=O)c9cc8c7=O)C(C6)C5C4)c(=O)c3cc2c1=O. The van der Waals surface area contributed by atoms with Gasteiger partial charge < -0.3 is 0 Å². The zero-order chi connectivity index (χ0) is 41.8. The fourth-order valence-electron chi connectivity index (χ4n) is 11.3. The van der Waals surface area contributed by atoms with Gasteiger partial charge in [-0.25, -0.2) is 0 Å². The van der Waals surface area contributed by atoms with Crippen molar-refractivity contribution in [2.24, 2.45) is 35.5 Å². The summed E-state index contributed by atoms with van der Waals surface area (Å²) in [5, 5.41) is -0.357. The van der Waals surface area contributed by atoms with Gasteiger partial charge in [0, 0.05) is 37.4 Å². The highest BCUT2D eigenvalue weighted by molar-refractivity contribution is 6.13. The quantitative estimate of drug-likeness (QED) is 0.167. The van der Waals surface area contributed by atoms with Gasteiger partial charge in [-0.1, -0.05) is 0 Å². The van der Waals surface area contributed by atoms with Crippen LogP contribution in [-0.4, -0.2) is 51.7 Å². The highest BCUT2D eigenvalue weighted by Gasteiger charge is 2.56. The monoisotopic (exact) mass is 810 g/mol. The summed E-state index contributed by atoms with van der Waals surface area (Å²) in [6.07, 6.45) is 7.34. The molecule has 300 valence electrons. The van der Waals surface area contributed by atoms with Crippen molar-refractivity contribution in [3.8, 4) is 0 Å². The molecule has 6 aromatic rings. The molecule has 3 saturated carbocycles. The van der Waals surface area contributed by atoms with Crippen LogP contribution < -0.4 is 44.5 Å². The Labute approximate surface area is 332 Å². The minimum atomic E-state index is -0.787. The van der Waals surface area contributed by atoms with E-state index in [0.29, 0.717) is 11.8 Å². The molecule has 0 saturated heterocycles. The van der Waals surface area contributed by atoms with E-state index in [2.05, 4.69) is 0 Å². The molecule has 3 aliphatic carbocycles. The number of hydrogen-bond donors (Lipinski definition) is 0. The Morgan fingerprint density at radius 1 is 0.367 bits per heavy atom. The first-order valence-electron chi connectivity index (χ1n) is 19.6. The number of amides is 4. The van der Waals surface area contributed by atoms with Crippen molar-refractivity contribution in [3.05, 3.63) is 131 Å². The van der Waals surface area contributed by atoms with Gasteiger partial charge >= 0.3 is 0 Å². The summed E-state index contributed by atoms with van der Waals surface area (Å²) in [4.78, 5) is 158. The predicted octanol–water partition coefficient (Wildman–Crippen LogP) is -1.10. The number of benzene rings is 2. The molecule has 6 atom stereocenters. The lowest BCUT2D eigenvalue weighted by molar-refractivity contribution is -0.140. The summed E-state index contributed by atoms with van der Waals surface area (Å²) in [6, 6.07) is 4.96. The van der Waals surface area contributed by atoms with Gasteiger partial charge in [0.15, 0.2) is 0 Å². The van der Waals surface area contributed by atoms with Crippen molar-refractivity contribution >= 4 is 66.7 Å². The third-order valence-corrected chi connectivity index (χ3v) is 14.0. The van der Waals surface area contributed by atoms with Crippen molar-refractivity contribution < 1.29 is 19.2 Å². The topological polar surface area (TPSA) is 231 Å². The molecule has 11 rings (SSSR count). The van der Waals surface area contributed by atoms with Crippen LogP contribution >= 0.6 is 0 Å². The zero-order valence-electron chi connectivity index (χ0n) is 31.3. The summed E-state index contributed by atoms with van der Waals surface area (Å²) in [6.45, 7) is -0.888. The molecule has 2 aliphatic heterocycles. The summed E-state index contributed by atoms with van der Waals surface area (Å²) in [7, 11) is 0. The largest absolute Gasteiger partial charge is 0.274 e. The van der Waals surface area contributed by atoms with Crippen molar-refractivity contribution in [1.82, 2.24) is 28.1 Å². The number of carbonyl (C=O) groups excluding carboxylic acids is 4. The van der Waals surface area contributed by atoms with Crippen LogP contribution in [0.15, 0.2) is 86.9 Å². The fourth-order valence-corrected chi connectivity index (χ4v) is 11.3. The van der Waals surface area contributed by atoms with Gasteiger partial charge in [0.2, 0.25) is 0 Å². The Morgan fingerprint density at radius 2 is 0.700 bits per heavy atom. The Hall–Kier alpha value is -7.24.